The zero-order valence-electron chi connectivity index (χ0n) is 21.8. The zero-order chi connectivity index (χ0) is 26.9. The number of anilines is 1. The van der Waals surface area contributed by atoms with Gasteiger partial charge in [0.2, 0.25) is 17.7 Å². The summed E-state index contributed by atoms with van der Waals surface area (Å²) < 4.78 is 4.52. The monoisotopic (exact) mass is 537 g/mol. The van der Waals surface area contributed by atoms with E-state index in [1.165, 1.54) is 0 Å². The number of ether oxygens (including phenoxy) is 1. The second-order valence-electron chi connectivity index (χ2n) is 10.3. The molecule has 3 amide bonds. The predicted octanol–water partition coefficient (Wildman–Crippen LogP) is 2.85. The van der Waals surface area contributed by atoms with E-state index in [2.05, 4.69) is 10.6 Å². The molecular formula is C29H35N3O5S. The topological polar surface area (TPSA) is 108 Å². The molecule has 3 aliphatic heterocycles. The minimum atomic E-state index is -0.804. The number of rotatable bonds is 10. The van der Waals surface area contributed by atoms with E-state index in [1.54, 1.807) is 48.0 Å². The Hall–Kier alpha value is -3.04. The Morgan fingerprint density at radius 1 is 1.16 bits per heavy atom. The van der Waals surface area contributed by atoms with Crippen molar-refractivity contribution in [1.29, 1.82) is 0 Å². The molecule has 3 saturated heterocycles. The molecule has 0 aromatic heterocycles. The van der Waals surface area contributed by atoms with Crippen molar-refractivity contribution in [3.63, 3.8) is 0 Å². The van der Waals surface area contributed by atoms with Gasteiger partial charge in [0.05, 0.1) is 36.3 Å². The molecule has 0 saturated carbocycles. The molecule has 3 heterocycles. The lowest BCUT2D eigenvalue weighted by atomic mass is 9.70. The first-order valence-corrected chi connectivity index (χ1v) is 14.2. The highest BCUT2D eigenvalue weighted by molar-refractivity contribution is 8.02. The number of amides is 3. The summed E-state index contributed by atoms with van der Waals surface area (Å²) in [5.74, 6) is -1.01. The van der Waals surface area contributed by atoms with Crippen molar-refractivity contribution in [3.05, 3.63) is 60.2 Å². The number of aliphatic hydroxyl groups excluding tert-OH is 1. The van der Waals surface area contributed by atoms with Crippen molar-refractivity contribution in [1.82, 2.24) is 10.2 Å². The van der Waals surface area contributed by atoms with Crippen LogP contribution in [0.3, 0.4) is 0 Å². The Bertz CT molecular complexity index is 1180. The van der Waals surface area contributed by atoms with Crippen LogP contribution in [-0.4, -0.2) is 70.1 Å². The van der Waals surface area contributed by atoms with Crippen molar-refractivity contribution in [2.24, 2.45) is 11.8 Å². The average Bonchev–Trinajstić information content (AvgIpc) is 3.58. The maximum Gasteiger partial charge on any atom is 0.248 e. The first kappa shape index (κ1) is 26.6. The number of likely N-dealkylation sites (tertiary alicyclic amines) is 1. The summed E-state index contributed by atoms with van der Waals surface area (Å²) in [7, 11) is 1.58. The van der Waals surface area contributed by atoms with Gasteiger partial charge in [-0.1, -0.05) is 37.3 Å². The Kier molecular flexibility index (Phi) is 7.68. The third-order valence-corrected chi connectivity index (χ3v) is 10.1. The summed E-state index contributed by atoms with van der Waals surface area (Å²) in [6.07, 6.45) is 2.68. The van der Waals surface area contributed by atoms with Crippen molar-refractivity contribution in [3.8, 4) is 5.75 Å². The maximum atomic E-state index is 14.2. The van der Waals surface area contributed by atoms with Crippen LogP contribution in [0.2, 0.25) is 0 Å². The molecule has 3 fully saturated rings. The summed E-state index contributed by atoms with van der Waals surface area (Å²) >= 11 is 1.63. The number of fused-ring (bicyclic) bond motifs is 1. The molecule has 3 aliphatic rings. The number of thioether (sulfide) groups is 1. The maximum absolute atomic E-state index is 14.2. The summed E-state index contributed by atoms with van der Waals surface area (Å²) in [4.78, 5) is 43.2. The number of benzene rings is 2. The van der Waals surface area contributed by atoms with Gasteiger partial charge in [-0.25, -0.2) is 0 Å². The molecule has 2 bridgehead atoms. The Labute approximate surface area is 227 Å². The van der Waals surface area contributed by atoms with Gasteiger partial charge < -0.3 is 25.4 Å². The molecule has 2 unspecified atom stereocenters. The fraction of sp³-hybridized carbons (Fsp3) is 0.483. The van der Waals surface area contributed by atoms with E-state index in [4.69, 9.17) is 4.74 Å². The van der Waals surface area contributed by atoms with Gasteiger partial charge in [-0.2, -0.15) is 0 Å². The van der Waals surface area contributed by atoms with E-state index in [1.807, 2.05) is 37.3 Å². The molecule has 5 rings (SSSR count). The van der Waals surface area contributed by atoms with E-state index in [0.717, 1.165) is 18.4 Å². The lowest BCUT2D eigenvalue weighted by Gasteiger charge is -2.37. The van der Waals surface area contributed by atoms with Crippen LogP contribution in [0.15, 0.2) is 54.6 Å². The third-order valence-electron chi connectivity index (χ3n) is 8.11. The van der Waals surface area contributed by atoms with Crippen molar-refractivity contribution in [2.45, 2.75) is 54.7 Å². The molecule has 2 aromatic rings. The highest BCUT2D eigenvalue weighted by Crippen LogP contribution is 2.66. The van der Waals surface area contributed by atoms with Gasteiger partial charge in [-0.3, -0.25) is 14.4 Å². The number of nitrogens with zero attached hydrogens (tertiary/aromatic N) is 1. The molecule has 8 nitrogen and oxygen atoms in total. The number of aliphatic hydroxyl groups is 1. The first-order valence-electron chi connectivity index (χ1n) is 13.3. The van der Waals surface area contributed by atoms with Crippen LogP contribution in [0, 0.1) is 11.8 Å². The first-order chi connectivity index (χ1) is 18.4. The number of hydrogen-bond acceptors (Lipinski definition) is 6. The summed E-state index contributed by atoms with van der Waals surface area (Å²) in [6.45, 7) is 2.27. The zero-order valence-corrected chi connectivity index (χ0v) is 22.6. The van der Waals surface area contributed by atoms with Crippen LogP contribution < -0.4 is 15.4 Å². The van der Waals surface area contributed by atoms with Crippen LogP contribution >= 0.6 is 11.8 Å². The molecule has 2 aromatic carbocycles. The highest BCUT2D eigenvalue weighted by atomic mass is 32.2. The van der Waals surface area contributed by atoms with E-state index < -0.39 is 28.7 Å². The summed E-state index contributed by atoms with van der Waals surface area (Å²) in [5.41, 5.74) is 1.57. The Balaban J connectivity index is 1.51. The normalized spacial score (nSPS) is 28.2. The molecule has 9 heteroatoms. The van der Waals surface area contributed by atoms with Crippen LogP contribution in [-0.2, 0) is 20.8 Å². The predicted molar refractivity (Wildman–Crippen MR) is 147 cm³/mol. The van der Waals surface area contributed by atoms with Gasteiger partial charge in [0.15, 0.2) is 0 Å². The minimum absolute atomic E-state index is 0.000873. The molecule has 202 valence electrons. The van der Waals surface area contributed by atoms with Gasteiger partial charge in [0, 0.05) is 17.5 Å². The van der Waals surface area contributed by atoms with Crippen LogP contribution in [0.4, 0.5) is 5.69 Å². The molecule has 1 spiro atoms. The molecular weight excluding hydrogens is 502 g/mol. The molecule has 3 N–H and O–H groups in total. The SMILES string of the molecule is CCCNC(=O)[C@@H]1[C@H]2C(=O)N([C@@H](CO)Cc3ccccc3)C(C(=O)Nc3ccc(OC)cc3)C23CC[C@H]1S3. The van der Waals surface area contributed by atoms with E-state index >= 15 is 0 Å². The summed E-state index contributed by atoms with van der Waals surface area (Å²) in [6, 6.07) is 15.3. The third kappa shape index (κ3) is 4.56. The van der Waals surface area contributed by atoms with Crippen molar-refractivity contribution >= 4 is 35.2 Å². The molecule has 38 heavy (non-hydrogen) atoms. The van der Waals surface area contributed by atoms with E-state index in [9.17, 15) is 19.5 Å². The lowest BCUT2D eigenvalue weighted by molar-refractivity contribution is -0.142. The van der Waals surface area contributed by atoms with Gasteiger partial charge in [0.1, 0.15) is 11.8 Å². The van der Waals surface area contributed by atoms with Gasteiger partial charge in [-0.05, 0) is 55.5 Å². The fourth-order valence-corrected chi connectivity index (χ4v) is 8.68. The number of hydrogen-bond donors (Lipinski definition) is 3. The quantitative estimate of drug-likeness (QED) is 0.430. The molecule has 6 atom stereocenters. The van der Waals surface area contributed by atoms with Gasteiger partial charge in [0.25, 0.3) is 0 Å². The Morgan fingerprint density at radius 2 is 1.89 bits per heavy atom. The fourth-order valence-electron chi connectivity index (χ4n) is 6.47. The average molecular weight is 538 g/mol. The highest BCUT2D eigenvalue weighted by Gasteiger charge is 2.74. The van der Waals surface area contributed by atoms with E-state index in [0.29, 0.717) is 30.8 Å². The smallest absolute Gasteiger partial charge is 0.248 e. The lowest BCUT2D eigenvalue weighted by Crippen LogP contribution is -2.55. The Morgan fingerprint density at radius 3 is 2.55 bits per heavy atom. The van der Waals surface area contributed by atoms with Gasteiger partial charge in [-0.15, -0.1) is 11.8 Å². The van der Waals surface area contributed by atoms with Crippen molar-refractivity contribution in [2.75, 3.05) is 25.6 Å². The summed E-state index contributed by atoms with van der Waals surface area (Å²) in [5, 5.41) is 16.5. The van der Waals surface area contributed by atoms with Crippen molar-refractivity contribution < 1.29 is 24.2 Å². The van der Waals surface area contributed by atoms with Crippen LogP contribution in [0.25, 0.3) is 0 Å². The second kappa shape index (κ2) is 11.0. The second-order valence-corrected chi connectivity index (χ2v) is 11.9. The van der Waals surface area contributed by atoms with E-state index in [-0.39, 0.29) is 29.6 Å². The number of methoxy groups -OCH3 is 1. The number of carbonyl (C=O) groups excluding carboxylic acids is 3. The van der Waals surface area contributed by atoms with Crippen LogP contribution in [0.5, 0.6) is 5.75 Å². The largest absolute Gasteiger partial charge is 0.497 e. The van der Waals surface area contributed by atoms with Gasteiger partial charge >= 0.3 is 0 Å². The van der Waals surface area contributed by atoms with Crippen LogP contribution in [0.1, 0.15) is 31.7 Å². The molecule has 0 aliphatic carbocycles. The molecule has 0 radical (unpaired) electrons. The number of nitrogens with one attached hydrogen (secondary N) is 2. The number of carbonyl (C=O) groups is 3. The standard InChI is InChI=1S/C29H35N3O5S/c1-3-15-30-26(34)23-22-13-14-29(38-22)24(23)28(36)32(20(17-33)16-18-7-5-4-6-8-18)25(29)27(35)31-19-9-11-21(37-2)12-10-19/h4-12,20,22-25,33H,3,13-17H2,1-2H3,(H,30,34)(H,31,35)/t20-,22-,23+,24+,25?,29?/m1/s1. The minimum Gasteiger partial charge on any atom is -0.497 e.